The predicted octanol–water partition coefficient (Wildman–Crippen LogP) is 2.24. The van der Waals surface area contributed by atoms with Gasteiger partial charge in [-0.2, -0.15) is 0 Å². The van der Waals surface area contributed by atoms with Crippen LogP contribution in [0.25, 0.3) is 0 Å². The first-order chi connectivity index (χ1) is 6.56. The summed E-state index contributed by atoms with van der Waals surface area (Å²) in [5.74, 6) is 0. The molecule has 1 rings (SSSR count). The number of benzene rings is 1. The summed E-state index contributed by atoms with van der Waals surface area (Å²) in [4.78, 5) is 0. The van der Waals surface area contributed by atoms with Gasteiger partial charge in [0.2, 0.25) is 0 Å². The van der Waals surface area contributed by atoms with Gasteiger partial charge in [-0.15, -0.1) is 0 Å². The lowest BCUT2D eigenvalue weighted by molar-refractivity contribution is -0.0369. The second-order valence-electron chi connectivity index (χ2n) is 3.95. The van der Waals surface area contributed by atoms with Crippen molar-refractivity contribution in [2.24, 2.45) is 0 Å². The normalized spacial score (nSPS) is 11.7. The first-order valence-corrected chi connectivity index (χ1v) is 4.88. The first-order valence-electron chi connectivity index (χ1n) is 4.88. The molecule has 1 aromatic carbocycles. The summed E-state index contributed by atoms with van der Waals surface area (Å²) in [7, 11) is 0. The van der Waals surface area contributed by atoms with E-state index in [-0.39, 0.29) is 12.2 Å². The molecule has 0 bridgehead atoms. The zero-order valence-corrected chi connectivity index (χ0v) is 9.08. The molecule has 14 heavy (non-hydrogen) atoms. The van der Waals surface area contributed by atoms with Gasteiger partial charge in [-0.3, -0.25) is 0 Å². The molecule has 0 spiro atoms. The molecule has 0 radical (unpaired) electrons. The van der Waals surface area contributed by atoms with Gasteiger partial charge in [-0.1, -0.05) is 29.8 Å². The standard InChI is InChI=1S/C12H18O2/c1-10-4-6-11(7-5-10)12(2,3)14-9-8-13/h4-7,13H,8-9H2,1-3H3. The lowest BCUT2D eigenvalue weighted by Crippen LogP contribution is -2.23. The topological polar surface area (TPSA) is 29.5 Å². The molecule has 0 aliphatic heterocycles. The summed E-state index contributed by atoms with van der Waals surface area (Å²) in [5, 5.41) is 8.70. The van der Waals surface area contributed by atoms with Gasteiger partial charge in [-0.05, 0) is 26.3 Å². The molecule has 0 aliphatic carbocycles. The summed E-state index contributed by atoms with van der Waals surface area (Å²) in [6, 6.07) is 8.26. The molecule has 1 N–H and O–H groups in total. The maximum Gasteiger partial charge on any atom is 0.0876 e. The highest BCUT2D eigenvalue weighted by Crippen LogP contribution is 2.24. The van der Waals surface area contributed by atoms with E-state index in [0.717, 1.165) is 5.56 Å². The fraction of sp³-hybridized carbons (Fsp3) is 0.500. The fourth-order valence-corrected chi connectivity index (χ4v) is 1.34. The van der Waals surface area contributed by atoms with Crippen molar-refractivity contribution in [3.05, 3.63) is 35.4 Å². The van der Waals surface area contributed by atoms with E-state index in [2.05, 4.69) is 31.2 Å². The highest BCUT2D eigenvalue weighted by atomic mass is 16.5. The van der Waals surface area contributed by atoms with Gasteiger partial charge >= 0.3 is 0 Å². The van der Waals surface area contributed by atoms with Gasteiger partial charge < -0.3 is 9.84 Å². The summed E-state index contributed by atoms with van der Waals surface area (Å²) in [5.41, 5.74) is 2.06. The number of hydrogen-bond donors (Lipinski definition) is 1. The molecule has 0 saturated heterocycles. The quantitative estimate of drug-likeness (QED) is 0.796. The van der Waals surface area contributed by atoms with Gasteiger partial charge in [0.25, 0.3) is 0 Å². The maximum atomic E-state index is 8.70. The lowest BCUT2D eigenvalue weighted by atomic mass is 9.97. The van der Waals surface area contributed by atoms with Crippen LogP contribution >= 0.6 is 0 Å². The van der Waals surface area contributed by atoms with Crippen molar-refractivity contribution in [2.75, 3.05) is 13.2 Å². The highest BCUT2D eigenvalue weighted by Gasteiger charge is 2.20. The van der Waals surface area contributed by atoms with Crippen LogP contribution in [0.1, 0.15) is 25.0 Å². The Balaban J connectivity index is 2.75. The Bertz CT molecular complexity index is 275. The number of aryl methyl sites for hydroxylation is 1. The van der Waals surface area contributed by atoms with Crippen LogP contribution in [0.3, 0.4) is 0 Å². The van der Waals surface area contributed by atoms with Crippen molar-refractivity contribution in [1.82, 2.24) is 0 Å². The van der Waals surface area contributed by atoms with E-state index in [1.165, 1.54) is 5.56 Å². The molecule has 0 unspecified atom stereocenters. The van der Waals surface area contributed by atoms with Crippen molar-refractivity contribution in [3.63, 3.8) is 0 Å². The Morgan fingerprint density at radius 1 is 1.21 bits per heavy atom. The first kappa shape index (κ1) is 11.2. The highest BCUT2D eigenvalue weighted by molar-refractivity contribution is 5.25. The number of aliphatic hydroxyl groups excluding tert-OH is 1. The monoisotopic (exact) mass is 194 g/mol. The summed E-state index contributed by atoms with van der Waals surface area (Å²) in [6.07, 6.45) is 0. The maximum absolute atomic E-state index is 8.70. The zero-order valence-electron chi connectivity index (χ0n) is 9.08. The van der Waals surface area contributed by atoms with Crippen LogP contribution < -0.4 is 0 Å². The van der Waals surface area contributed by atoms with E-state index in [1.54, 1.807) is 0 Å². The number of rotatable bonds is 4. The summed E-state index contributed by atoms with van der Waals surface area (Å²) >= 11 is 0. The van der Waals surface area contributed by atoms with E-state index >= 15 is 0 Å². The van der Waals surface area contributed by atoms with Gasteiger partial charge in [0.05, 0.1) is 18.8 Å². The zero-order chi connectivity index (χ0) is 10.6. The molecular weight excluding hydrogens is 176 g/mol. The van der Waals surface area contributed by atoms with Crippen molar-refractivity contribution in [3.8, 4) is 0 Å². The Morgan fingerprint density at radius 2 is 1.79 bits per heavy atom. The smallest absolute Gasteiger partial charge is 0.0876 e. The minimum absolute atomic E-state index is 0.0648. The Hall–Kier alpha value is -0.860. The second kappa shape index (κ2) is 4.58. The molecule has 0 aliphatic rings. The van der Waals surface area contributed by atoms with Crippen LogP contribution in [0.4, 0.5) is 0 Å². The third kappa shape index (κ3) is 2.82. The Labute approximate surface area is 85.5 Å². The van der Waals surface area contributed by atoms with Crippen molar-refractivity contribution >= 4 is 0 Å². The third-order valence-electron chi connectivity index (χ3n) is 2.30. The second-order valence-corrected chi connectivity index (χ2v) is 3.95. The van der Waals surface area contributed by atoms with E-state index in [0.29, 0.717) is 6.61 Å². The largest absolute Gasteiger partial charge is 0.394 e. The molecule has 2 nitrogen and oxygen atoms in total. The van der Waals surface area contributed by atoms with E-state index in [1.807, 2.05) is 13.8 Å². The lowest BCUT2D eigenvalue weighted by Gasteiger charge is -2.25. The van der Waals surface area contributed by atoms with Crippen LogP contribution in [0.15, 0.2) is 24.3 Å². The van der Waals surface area contributed by atoms with E-state index in [9.17, 15) is 0 Å². The fourth-order valence-electron chi connectivity index (χ4n) is 1.34. The number of ether oxygens (including phenoxy) is 1. The third-order valence-corrected chi connectivity index (χ3v) is 2.30. The average Bonchev–Trinajstić information content (AvgIpc) is 2.16. The molecule has 2 heteroatoms. The van der Waals surface area contributed by atoms with Crippen LogP contribution in [-0.4, -0.2) is 18.3 Å². The molecule has 0 saturated carbocycles. The molecule has 0 heterocycles. The minimum Gasteiger partial charge on any atom is -0.394 e. The molecule has 0 aromatic heterocycles. The van der Waals surface area contributed by atoms with E-state index in [4.69, 9.17) is 9.84 Å². The molecule has 1 aromatic rings. The predicted molar refractivity (Wildman–Crippen MR) is 57.2 cm³/mol. The molecule has 0 amide bonds. The van der Waals surface area contributed by atoms with Crippen LogP contribution in [0, 0.1) is 6.92 Å². The van der Waals surface area contributed by atoms with Gasteiger partial charge in [0, 0.05) is 0 Å². The van der Waals surface area contributed by atoms with Crippen molar-refractivity contribution < 1.29 is 9.84 Å². The number of hydrogen-bond acceptors (Lipinski definition) is 2. The van der Waals surface area contributed by atoms with Gasteiger partial charge in [0.1, 0.15) is 0 Å². The Morgan fingerprint density at radius 3 is 2.29 bits per heavy atom. The average molecular weight is 194 g/mol. The molecule has 78 valence electrons. The van der Waals surface area contributed by atoms with Crippen molar-refractivity contribution in [2.45, 2.75) is 26.4 Å². The van der Waals surface area contributed by atoms with Crippen LogP contribution in [-0.2, 0) is 10.3 Å². The minimum atomic E-state index is -0.323. The summed E-state index contributed by atoms with van der Waals surface area (Å²) in [6.45, 7) is 6.52. The molecular formula is C12H18O2. The van der Waals surface area contributed by atoms with Crippen LogP contribution in [0.5, 0.6) is 0 Å². The SMILES string of the molecule is Cc1ccc(C(C)(C)OCCO)cc1. The summed E-state index contributed by atoms with van der Waals surface area (Å²) < 4.78 is 5.55. The Kier molecular flexibility index (Phi) is 3.67. The van der Waals surface area contributed by atoms with Gasteiger partial charge in [0.15, 0.2) is 0 Å². The molecule has 0 fully saturated rings. The van der Waals surface area contributed by atoms with Crippen molar-refractivity contribution in [1.29, 1.82) is 0 Å². The van der Waals surface area contributed by atoms with Crippen LogP contribution in [0.2, 0.25) is 0 Å². The van der Waals surface area contributed by atoms with E-state index < -0.39 is 0 Å². The van der Waals surface area contributed by atoms with Gasteiger partial charge in [-0.25, -0.2) is 0 Å². The number of aliphatic hydroxyl groups is 1. The molecule has 0 atom stereocenters.